The summed E-state index contributed by atoms with van der Waals surface area (Å²) in [5.41, 5.74) is -0.112. The standard InChI is InChI=1S/C16H20F3N3O2/c17-16(18,19)10-4-6-22(7-5-10)12-8-11(9-12)20-15(24)13-2-1-3-14(23)21-13/h1-3,10-12H,4-9H2,(H,20,24)(H,21,23). The molecule has 0 radical (unpaired) electrons. The monoisotopic (exact) mass is 343 g/mol. The van der Waals surface area contributed by atoms with Crippen LogP contribution in [0.15, 0.2) is 23.0 Å². The van der Waals surface area contributed by atoms with Crippen LogP contribution >= 0.6 is 0 Å². The van der Waals surface area contributed by atoms with Crippen molar-refractivity contribution in [2.24, 2.45) is 5.92 Å². The highest BCUT2D eigenvalue weighted by Gasteiger charge is 2.43. The lowest BCUT2D eigenvalue weighted by Gasteiger charge is -2.46. The van der Waals surface area contributed by atoms with Crippen molar-refractivity contribution < 1.29 is 18.0 Å². The molecule has 1 aliphatic carbocycles. The molecule has 132 valence electrons. The fourth-order valence-electron chi connectivity index (χ4n) is 3.44. The van der Waals surface area contributed by atoms with Gasteiger partial charge in [0.1, 0.15) is 5.69 Å². The summed E-state index contributed by atoms with van der Waals surface area (Å²) in [6.45, 7) is 0.920. The maximum Gasteiger partial charge on any atom is 0.391 e. The first-order valence-corrected chi connectivity index (χ1v) is 8.14. The number of halogens is 3. The molecule has 2 fully saturated rings. The number of aromatic amines is 1. The number of nitrogens with zero attached hydrogens (tertiary/aromatic N) is 1. The number of pyridine rings is 1. The Balaban J connectivity index is 1.43. The molecular weight excluding hydrogens is 323 g/mol. The minimum atomic E-state index is -4.09. The Labute approximate surface area is 137 Å². The van der Waals surface area contributed by atoms with Gasteiger partial charge in [-0.1, -0.05) is 6.07 Å². The van der Waals surface area contributed by atoms with Gasteiger partial charge in [-0.25, -0.2) is 0 Å². The molecule has 0 aromatic carbocycles. The molecule has 3 rings (SSSR count). The summed E-state index contributed by atoms with van der Waals surface area (Å²) in [6, 6.07) is 4.63. The summed E-state index contributed by atoms with van der Waals surface area (Å²) < 4.78 is 38.0. The molecule has 1 saturated heterocycles. The smallest absolute Gasteiger partial charge is 0.348 e. The van der Waals surface area contributed by atoms with Crippen molar-refractivity contribution in [3.63, 3.8) is 0 Å². The Morgan fingerprint density at radius 3 is 2.46 bits per heavy atom. The topological polar surface area (TPSA) is 65.2 Å². The Bertz CT molecular complexity index is 644. The summed E-state index contributed by atoms with van der Waals surface area (Å²) in [7, 11) is 0. The molecule has 0 atom stereocenters. The average molecular weight is 343 g/mol. The van der Waals surface area contributed by atoms with Gasteiger partial charge in [0.15, 0.2) is 0 Å². The second-order valence-electron chi connectivity index (χ2n) is 6.58. The van der Waals surface area contributed by atoms with Crippen LogP contribution in [0.1, 0.15) is 36.2 Å². The normalized spacial score (nSPS) is 26.0. The van der Waals surface area contributed by atoms with E-state index in [0.29, 0.717) is 13.1 Å². The van der Waals surface area contributed by atoms with Crippen LogP contribution in [0, 0.1) is 5.92 Å². The number of rotatable bonds is 3. The number of alkyl halides is 3. The van der Waals surface area contributed by atoms with Gasteiger partial charge in [-0.15, -0.1) is 0 Å². The van der Waals surface area contributed by atoms with Crippen LogP contribution in [0.3, 0.4) is 0 Å². The number of H-pyrrole nitrogens is 1. The van der Waals surface area contributed by atoms with E-state index in [1.54, 1.807) is 0 Å². The van der Waals surface area contributed by atoms with E-state index in [1.807, 2.05) is 0 Å². The molecule has 2 aliphatic rings. The fraction of sp³-hybridized carbons (Fsp3) is 0.625. The highest BCUT2D eigenvalue weighted by Crippen LogP contribution is 2.36. The Morgan fingerprint density at radius 1 is 1.21 bits per heavy atom. The van der Waals surface area contributed by atoms with Crippen LogP contribution in [0.4, 0.5) is 13.2 Å². The highest BCUT2D eigenvalue weighted by atomic mass is 19.4. The van der Waals surface area contributed by atoms with Gasteiger partial charge in [-0.2, -0.15) is 13.2 Å². The van der Waals surface area contributed by atoms with Crippen molar-refractivity contribution >= 4 is 5.91 Å². The third-order valence-corrected chi connectivity index (χ3v) is 4.97. The molecule has 0 spiro atoms. The van der Waals surface area contributed by atoms with Gasteiger partial charge >= 0.3 is 6.18 Å². The minimum absolute atomic E-state index is 0.00606. The van der Waals surface area contributed by atoms with Gasteiger partial charge in [0.05, 0.1) is 5.92 Å². The number of amides is 1. The molecule has 2 N–H and O–H groups in total. The predicted molar refractivity (Wildman–Crippen MR) is 81.7 cm³/mol. The molecule has 2 heterocycles. The Kier molecular flexibility index (Phi) is 4.67. The summed E-state index contributed by atoms with van der Waals surface area (Å²) in [4.78, 5) is 27.8. The van der Waals surface area contributed by atoms with Crippen LogP contribution in [-0.4, -0.2) is 47.1 Å². The van der Waals surface area contributed by atoms with Crippen LogP contribution in [0.2, 0.25) is 0 Å². The van der Waals surface area contributed by atoms with E-state index in [4.69, 9.17) is 0 Å². The van der Waals surface area contributed by atoms with Crippen molar-refractivity contribution in [1.29, 1.82) is 0 Å². The Morgan fingerprint density at radius 2 is 1.88 bits per heavy atom. The number of nitrogens with one attached hydrogen (secondary N) is 2. The fourth-order valence-corrected chi connectivity index (χ4v) is 3.44. The van der Waals surface area contributed by atoms with Crippen LogP contribution < -0.4 is 10.9 Å². The van der Waals surface area contributed by atoms with E-state index < -0.39 is 12.1 Å². The number of likely N-dealkylation sites (tertiary alicyclic amines) is 1. The SMILES string of the molecule is O=C(NC1CC(N2CCC(C(F)(F)F)CC2)C1)c1cccc(=O)[nH]1. The number of hydrogen-bond donors (Lipinski definition) is 2. The zero-order chi connectivity index (χ0) is 17.3. The summed E-state index contributed by atoms with van der Waals surface area (Å²) in [5.74, 6) is -1.51. The van der Waals surface area contributed by atoms with Gasteiger partial charge in [0.25, 0.3) is 5.91 Å². The van der Waals surface area contributed by atoms with Crippen LogP contribution in [0.5, 0.6) is 0 Å². The van der Waals surface area contributed by atoms with E-state index in [0.717, 1.165) is 12.8 Å². The van der Waals surface area contributed by atoms with Crippen LogP contribution in [0.25, 0.3) is 0 Å². The first-order valence-electron chi connectivity index (χ1n) is 8.14. The highest BCUT2D eigenvalue weighted by molar-refractivity contribution is 5.92. The molecule has 1 saturated carbocycles. The third-order valence-electron chi connectivity index (χ3n) is 4.97. The second-order valence-corrected chi connectivity index (χ2v) is 6.58. The van der Waals surface area contributed by atoms with Gasteiger partial charge in [0, 0.05) is 18.2 Å². The van der Waals surface area contributed by atoms with Gasteiger partial charge in [-0.05, 0) is 44.8 Å². The first kappa shape index (κ1) is 17.0. The summed E-state index contributed by atoms with van der Waals surface area (Å²) >= 11 is 0. The molecule has 8 heteroatoms. The second kappa shape index (κ2) is 6.58. The third kappa shape index (κ3) is 3.80. The van der Waals surface area contributed by atoms with Crippen molar-refractivity contribution in [2.45, 2.75) is 43.9 Å². The lowest BCUT2D eigenvalue weighted by Crippen LogP contribution is -2.56. The summed E-state index contributed by atoms with van der Waals surface area (Å²) in [6.07, 6.45) is -2.31. The van der Waals surface area contributed by atoms with E-state index in [-0.39, 0.29) is 42.1 Å². The number of aromatic nitrogens is 1. The molecule has 5 nitrogen and oxygen atoms in total. The zero-order valence-electron chi connectivity index (χ0n) is 13.1. The molecule has 1 amide bonds. The summed E-state index contributed by atoms with van der Waals surface area (Å²) in [5, 5.41) is 2.85. The molecule has 1 aromatic heterocycles. The number of carbonyl (C=O) groups excluding carboxylic acids is 1. The zero-order valence-corrected chi connectivity index (χ0v) is 13.1. The molecular formula is C16H20F3N3O2. The van der Waals surface area contributed by atoms with Gasteiger partial charge in [-0.3, -0.25) is 9.59 Å². The van der Waals surface area contributed by atoms with E-state index in [1.165, 1.54) is 18.2 Å². The minimum Gasteiger partial charge on any atom is -0.348 e. The number of piperidine rings is 1. The molecule has 0 bridgehead atoms. The Hall–Kier alpha value is -1.83. The van der Waals surface area contributed by atoms with Crippen molar-refractivity contribution in [1.82, 2.24) is 15.2 Å². The van der Waals surface area contributed by atoms with E-state index >= 15 is 0 Å². The van der Waals surface area contributed by atoms with Gasteiger partial charge in [0.2, 0.25) is 5.56 Å². The van der Waals surface area contributed by atoms with Crippen molar-refractivity contribution in [3.8, 4) is 0 Å². The molecule has 1 aliphatic heterocycles. The maximum atomic E-state index is 12.7. The van der Waals surface area contributed by atoms with Crippen molar-refractivity contribution in [2.75, 3.05) is 13.1 Å². The van der Waals surface area contributed by atoms with Crippen molar-refractivity contribution in [3.05, 3.63) is 34.2 Å². The quantitative estimate of drug-likeness (QED) is 0.881. The molecule has 24 heavy (non-hydrogen) atoms. The molecule has 0 unspecified atom stereocenters. The lowest BCUT2D eigenvalue weighted by molar-refractivity contribution is -0.187. The average Bonchev–Trinajstić information content (AvgIpc) is 2.49. The maximum absolute atomic E-state index is 12.7. The van der Waals surface area contributed by atoms with Crippen LogP contribution in [-0.2, 0) is 0 Å². The van der Waals surface area contributed by atoms with Gasteiger partial charge < -0.3 is 15.2 Å². The number of carbonyl (C=O) groups is 1. The number of hydrogen-bond acceptors (Lipinski definition) is 3. The largest absolute Gasteiger partial charge is 0.391 e. The van der Waals surface area contributed by atoms with E-state index in [2.05, 4.69) is 15.2 Å². The lowest BCUT2D eigenvalue weighted by atomic mass is 9.83. The predicted octanol–water partition coefficient (Wildman–Crippen LogP) is 1.91. The first-order chi connectivity index (χ1) is 11.3. The molecule has 1 aromatic rings. The van der Waals surface area contributed by atoms with E-state index in [9.17, 15) is 22.8 Å².